The Morgan fingerprint density at radius 1 is 1.00 bits per heavy atom. The Labute approximate surface area is 150 Å². The van der Waals surface area contributed by atoms with Gasteiger partial charge < -0.3 is 19.6 Å². The number of nitrogens with zero attached hydrogens (tertiary/aromatic N) is 1. The molecule has 3 rings (SSSR count). The number of furan rings is 1. The van der Waals surface area contributed by atoms with Crippen LogP contribution in [0.3, 0.4) is 0 Å². The van der Waals surface area contributed by atoms with Gasteiger partial charge in [-0.1, -0.05) is 35.5 Å². The molecule has 2 aromatic heterocycles. The maximum absolute atomic E-state index is 12.6. The van der Waals surface area contributed by atoms with E-state index in [-0.39, 0.29) is 17.6 Å². The second-order valence-electron chi connectivity index (χ2n) is 6.03. The van der Waals surface area contributed by atoms with E-state index < -0.39 is 11.9 Å². The smallest absolute Gasteiger partial charge is 0.274 e. The van der Waals surface area contributed by atoms with Crippen LogP contribution in [0, 0.1) is 0 Å². The molecule has 7 heteroatoms. The Hall–Kier alpha value is -3.35. The summed E-state index contributed by atoms with van der Waals surface area (Å²) >= 11 is 0. The number of carbonyl (C=O) groups excluding carboxylic acids is 2. The molecule has 0 aliphatic rings. The molecule has 134 valence electrons. The zero-order valence-corrected chi connectivity index (χ0v) is 14.4. The molecule has 1 aromatic carbocycles. The average molecular weight is 353 g/mol. The summed E-state index contributed by atoms with van der Waals surface area (Å²) in [6.45, 7) is 3.71. The fraction of sp³-hybridized carbons (Fsp3) is 0.211. The fourth-order valence-corrected chi connectivity index (χ4v) is 2.44. The Kier molecular flexibility index (Phi) is 5.17. The lowest BCUT2D eigenvalue weighted by atomic mass is 10.1. The summed E-state index contributed by atoms with van der Waals surface area (Å²) in [5.41, 5.74) is 0.739. The van der Waals surface area contributed by atoms with Gasteiger partial charge >= 0.3 is 0 Å². The van der Waals surface area contributed by atoms with Gasteiger partial charge in [-0.25, -0.2) is 0 Å². The van der Waals surface area contributed by atoms with Gasteiger partial charge in [-0.15, -0.1) is 0 Å². The second kappa shape index (κ2) is 7.69. The molecule has 0 saturated heterocycles. The van der Waals surface area contributed by atoms with E-state index >= 15 is 0 Å². The van der Waals surface area contributed by atoms with Crippen LogP contribution in [-0.2, 0) is 4.79 Å². The van der Waals surface area contributed by atoms with Crippen molar-refractivity contribution in [1.82, 2.24) is 15.8 Å². The first-order valence-corrected chi connectivity index (χ1v) is 8.21. The number of hydrogen-bond donors (Lipinski definition) is 2. The Morgan fingerprint density at radius 2 is 1.77 bits per heavy atom. The highest BCUT2D eigenvalue weighted by molar-refractivity contribution is 5.97. The van der Waals surface area contributed by atoms with E-state index in [1.807, 2.05) is 32.0 Å². The van der Waals surface area contributed by atoms with E-state index in [2.05, 4.69) is 15.8 Å². The Morgan fingerprint density at radius 3 is 2.42 bits per heavy atom. The lowest BCUT2D eigenvalue weighted by Crippen LogP contribution is -2.42. The Balaban J connectivity index is 1.80. The monoisotopic (exact) mass is 353 g/mol. The SMILES string of the molecule is CC(C)NC(=O)[C@@H](NC(=O)c1cc(-c2ccco2)on1)c1ccccc1. The number of carbonyl (C=O) groups is 2. The summed E-state index contributed by atoms with van der Waals surface area (Å²) in [7, 11) is 0. The number of rotatable bonds is 6. The van der Waals surface area contributed by atoms with Gasteiger partial charge in [0.2, 0.25) is 11.7 Å². The van der Waals surface area contributed by atoms with E-state index in [4.69, 9.17) is 8.94 Å². The molecule has 0 saturated carbocycles. The molecule has 2 amide bonds. The van der Waals surface area contributed by atoms with E-state index in [1.165, 1.54) is 12.3 Å². The van der Waals surface area contributed by atoms with Gasteiger partial charge in [-0.05, 0) is 31.5 Å². The molecular weight excluding hydrogens is 334 g/mol. The number of benzene rings is 1. The predicted molar refractivity (Wildman–Crippen MR) is 94.1 cm³/mol. The van der Waals surface area contributed by atoms with Gasteiger partial charge in [0, 0.05) is 12.1 Å². The number of nitrogens with one attached hydrogen (secondary N) is 2. The minimum absolute atomic E-state index is 0.0526. The van der Waals surface area contributed by atoms with Crippen molar-refractivity contribution in [3.05, 3.63) is 66.1 Å². The van der Waals surface area contributed by atoms with Gasteiger partial charge in [0.15, 0.2) is 11.5 Å². The summed E-state index contributed by atoms with van der Waals surface area (Å²) in [4.78, 5) is 25.1. The Bertz CT molecular complexity index is 869. The van der Waals surface area contributed by atoms with Gasteiger partial charge in [0.05, 0.1) is 6.26 Å². The maximum Gasteiger partial charge on any atom is 0.274 e. The summed E-state index contributed by atoms with van der Waals surface area (Å²) < 4.78 is 10.4. The van der Waals surface area contributed by atoms with Crippen molar-refractivity contribution in [3.63, 3.8) is 0 Å². The van der Waals surface area contributed by atoms with Crippen LogP contribution < -0.4 is 10.6 Å². The average Bonchev–Trinajstić information content (AvgIpc) is 3.30. The molecule has 0 radical (unpaired) electrons. The van der Waals surface area contributed by atoms with Crippen molar-refractivity contribution in [1.29, 1.82) is 0 Å². The minimum Gasteiger partial charge on any atom is -0.461 e. The van der Waals surface area contributed by atoms with Gasteiger partial charge in [0.1, 0.15) is 6.04 Å². The van der Waals surface area contributed by atoms with Crippen LogP contribution in [0.15, 0.2) is 63.7 Å². The zero-order valence-electron chi connectivity index (χ0n) is 14.4. The molecule has 0 aliphatic carbocycles. The quantitative estimate of drug-likeness (QED) is 0.710. The summed E-state index contributed by atoms with van der Waals surface area (Å²) in [6.07, 6.45) is 1.50. The molecule has 3 aromatic rings. The van der Waals surface area contributed by atoms with Crippen molar-refractivity contribution in [3.8, 4) is 11.5 Å². The molecule has 2 heterocycles. The topological polar surface area (TPSA) is 97.4 Å². The van der Waals surface area contributed by atoms with Crippen molar-refractivity contribution in [2.45, 2.75) is 25.9 Å². The van der Waals surface area contributed by atoms with Crippen LogP contribution in [0.5, 0.6) is 0 Å². The zero-order chi connectivity index (χ0) is 18.5. The number of hydrogen-bond acceptors (Lipinski definition) is 5. The van der Waals surface area contributed by atoms with E-state index in [9.17, 15) is 9.59 Å². The van der Waals surface area contributed by atoms with Crippen molar-refractivity contribution in [2.75, 3.05) is 0 Å². The van der Waals surface area contributed by atoms with E-state index in [0.717, 1.165) is 0 Å². The predicted octanol–water partition coefficient (Wildman–Crippen LogP) is 2.93. The minimum atomic E-state index is -0.838. The molecule has 0 bridgehead atoms. The normalized spacial score (nSPS) is 12.0. The van der Waals surface area contributed by atoms with Crippen molar-refractivity contribution >= 4 is 11.8 Å². The largest absolute Gasteiger partial charge is 0.461 e. The van der Waals surface area contributed by atoms with Crippen molar-refractivity contribution < 1.29 is 18.5 Å². The first-order valence-electron chi connectivity index (χ1n) is 8.21. The van der Waals surface area contributed by atoms with Crippen LogP contribution >= 0.6 is 0 Å². The van der Waals surface area contributed by atoms with Gasteiger partial charge in [0.25, 0.3) is 5.91 Å². The summed E-state index contributed by atoms with van der Waals surface area (Å²) in [6, 6.07) is 13.0. The number of aromatic nitrogens is 1. The third kappa shape index (κ3) is 4.00. The highest BCUT2D eigenvalue weighted by atomic mass is 16.5. The first kappa shape index (κ1) is 17.5. The van der Waals surface area contributed by atoms with E-state index in [0.29, 0.717) is 17.1 Å². The fourth-order valence-electron chi connectivity index (χ4n) is 2.44. The molecule has 7 nitrogen and oxygen atoms in total. The van der Waals surface area contributed by atoms with Crippen LogP contribution in [-0.4, -0.2) is 23.0 Å². The third-order valence-electron chi connectivity index (χ3n) is 3.61. The van der Waals surface area contributed by atoms with Crippen LogP contribution in [0.4, 0.5) is 0 Å². The molecular formula is C19H19N3O4. The second-order valence-corrected chi connectivity index (χ2v) is 6.03. The van der Waals surface area contributed by atoms with E-state index in [1.54, 1.807) is 24.3 Å². The maximum atomic E-state index is 12.6. The lowest BCUT2D eigenvalue weighted by Gasteiger charge is -2.19. The lowest BCUT2D eigenvalue weighted by molar-refractivity contribution is -0.123. The molecule has 1 atom stereocenters. The van der Waals surface area contributed by atoms with Gasteiger partial charge in [-0.2, -0.15) is 0 Å². The molecule has 0 fully saturated rings. The standard InChI is InChI=1S/C19H19N3O4/c1-12(2)20-19(24)17(13-7-4-3-5-8-13)21-18(23)14-11-16(26-22-14)15-9-6-10-25-15/h3-12,17H,1-2H3,(H,20,24)(H,21,23)/t17-/m0/s1. The highest BCUT2D eigenvalue weighted by Crippen LogP contribution is 2.21. The third-order valence-corrected chi connectivity index (χ3v) is 3.61. The molecule has 2 N–H and O–H groups in total. The number of amides is 2. The molecule has 0 unspecified atom stereocenters. The molecule has 0 aliphatic heterocycles. The van der Waals surface area contributed by atoms with Gasteiger partial charge in [-0.3, -0.25) is 9.59 Å². The first-order chi connectivity index (χ1) is 12.5. The van der Waals surface area contributed by atoms with Crippen LogP contribution in [0.1, 0.15) is 35.9 Å². The summed E-state index contributed by atoms with van der Waals surface area (Å²) in [5.74, 6) is -0.00892. The molecule has 0 spiro atoms. The van der Waals surface area contributed by atoms with Crippen molar-refractivity contribution in [2.24, 2.45) is 0 Å². The summed E-state index contributed by atoms with van der Waals surface area (Å²) in [5, 5.41) is 9.28. The van der Waals surface area contributed by atoms with Crippen LogP contribution in [0.2, 0.25) is 0 Å². The molecule has 26 heavy (non-hydrogen) atoms. The van der Waals surface area contributed by atoms with Crippen LogP contribution in [0.25, 0.3) is 11.5 Å². The highest BCUT2D eigenvalue weighted by Gasteiger charge is 2.25.